The van der Waals surface area contributed by atoms with E-state index in [0.29, 0.717) is 5.92 Å². The van der Waals surface area contributed by atoms with Crippen molar-refractivity contribution in [3.8, 4) is 5.75 Å². The number of benzene rings is 1. The highest BCUT2D eigenvalue weighted by Crippen LogP contribution is 2.22. The third-order valence-electron chi connectivity index (χ3n) is 3.16. The molecule has 0 spiro atoms. The molecule has 102 valence electrons. The van der Waals surface area contributed by atoms with Crippen LogP contribution in [0, 0.1) is 19.8 Å². The van der Waals surface area contributed by atoms with Crippen LogP contribution in [0.2, 0.25) is 0 Å². The summed E-state index contributed by atoms with van der Waals surface area (Å²) in [5.74, 6) is 1.73. The van der Waals surface area contributed by atoms with Gasteiger partial charge in [-0.2, -0.15) is 0 Å². The maximum atomic E-state index is 5.99. The van der Waals surface area contributed by atoms with Gasteiger partial charge < -0.3 is 10.1 Å². The minimum absolute atomic E-state index is 0.255. The number of hydrogen-bond donors (Lipinski definition) is 1. The lowest BCUT2D eigenvalue weighted by molar-refractivity contribution is 0.208. The Balaban J connectivity index is 2.35. The standard InChI is InChI=1S/C16H27NO/c1-12(2)11-17-10-9-14(4)18-16-8-6-7-13(3)15(16)5/h6-8,12,14,17H,9-11H2,1-5H3. The van der Waals surface area contributed by atoms with E-state index in [-0.39, 0.29) is 6.10 Å². The molecule has 0 saturated heterocycles. The van der Waals surface area contributed by atoms with E-state index in [0.717, 1.165) is 25.3 Å². The van der Waals surface area contributed by atoms with Crippen LogP contribution in [0.15, 0.2) is 18.2 Å². The smallest absolute Gasteiger partial charge is 0.122 e. The lowest BCUT2D eigenvalue weighted by Crippen LogP contribution is -2.25. The molecule has 0 aromatic heterocycles. The van der Waals surface area contributed by atoms with Crippen molar-refractivity contribution in [1.29, 1.82) is 0 Å². The van der Waals surface area contributed by atoms with E-state index in [9.17, 15) is 0 Å². The van der Waals surface area contributed by atoms with Crippen LogP contribution >= 0.6 is 0 Å². The predicted molar refractivity (Wildman–Crippen MR) is 78.3 cm³/mol. The van der Waals surface area contributed by atoms with Gasteiger partial charge in [0.2, 0.25) is 0 Å². The van der Waals surface area contributed by atoms with Crippen molar-refractivity contribution < 1.29 is 4.74 Å². The van der Waals surface area contributed by atoms with Gasteiger partial charge >= 0.3 is 0 Å². The molecule has 0 fully saturated rings. The van der Waals surface area contributed by atoms with E-state index >= 15 is 0 Å². The maximum absolute atomic E-state index is 5.99. The van der Waals surface area contributed by atoms with Gasteiger partial charge in [-0.3, -0.25) is 0 Å². The van der Waals surface area contributed by atoms with Crippen molar-refractivity contribution in [3.05, 3.63) is 29.3 Å². The molecule has 1 N–H and O–H groups in total. The van der Waals surface area contributed by atoms with Gasteiger partial charge in [-0.05, 0) is 63.4 Å². The molecule has 0 aliphatic heterocycles. The maximum Gasteiger partial charge on any atom is 0.122 e. The second-order valence-corrected chi connectivity index (χ2v) is 5.51. The van der Waals surface area contributed by atoms with Crippen LogP contribution in [0.5, 0.6) is 5.75 Å². The summed E-state index contributed by atoms with van der Waals surface area (Å²) < 4.78 is 5.99. The second-order valence-electron chi connectivity index (χ2n) is 5.51. The number of aryl methyl sites for hydroxylation is 1. The van der Waals surface area contributed by atoms with E-state index in [4.69, 9.17) is 4.74 Å². The summed E-state index contributed by atoms with van der Waals surface area (Å²) in [6.07, 6.45) is 1.30. The van der Waals surface area contributed by atoms with Crippen LogP contribution in [-0.4, -0.2) is 19.2 Å². The summed E-state index contributed by atoms with van der Waals surface area (Å²) >= 11 is 0. The van der Waals surface area contributed by atoms with Crippen molar-refractivity contribution >= 4 is 0 Å². The van der Waals surface area contributed by atoms with Crippen LogP contribution in [0.3, 0.4) is 0 Å². The van der Waals surface area contributed by atoms with E-state index in [1.807, 2.05) is 0 Å². The van der Waals surface area contributed by atoms with Gasteiger partial charge in [-0.25, -0.2) is 0 Å². The summed E-state index contributed by atoms with van der Waals surface area (Å²) in [4.78, 5) is 0. The monoisotopic (exact) mass is 249 g/mol. The van der Waals surface area contributed by atoms with E-state index in [2.05, 4.69) is 58.1 Å². The molecule has 0 aliphatic rings. The molecule has 1 rings (SSSR count). The molecule has 0 bridgehead atoms. The molecule has 2 nitrogen and oxygen atoms in total. The Kier molecular flexibility index (Phi) is 6.20. The first-order valence-corrected chi connectivity index (χ1v) is 6.94. The molecule has 0 saturated carbocycles. The number of nitrogens with one attached hydrogen (secondary N) is 1. The average Bonchev–Trinajstić information content (AvgIpc) is 2.30. The molecule has 0 aliphatic carbocycles. The fourth-order valence-corrected chi connectivity index (χ4v) is 1.82. The van der Waals surface area contributed by atoms with Crippen LogP contribution in [-0.2, 0) is 0 Å². The van der Waals surface area contributed by atoms with Gasteiger partial charge in [0, 0.05) is 0 Å². The summed E-state index contributed by atoms with van der Waals surface area (Å²) in [6.45, 7) is 12.9. The zero-order chi connectivity index (χ0) is 13.5. The second kappa shape index (κ2) is 7.42. The highest BCUT2D eigenvalue weighted by atomic mass is 16.5. The number of hydrogen-bond acceptors (Lipinski definition) is 2. The summed E-state index contributed by atoms with van der Waals surface area (Å²) in [5, 5.41) is 3.45. The normalized spacial score (nSPS) is 12.8. The highest BCUT2D eigenvalue weighted by Gasteiger charge is 2.07. The SMILES string of the molecule is Cc1cccc(OC(C)CCNCC(C)C)c1C. The van der Waals surface area contributed by atoms with E-state index < -0.39 is 0 Å². The quantitative estimate of drug-likeness (QED) is 0.744. The number of ether oxygens (including phenoxy) is 1. The van der Waals surface area contributed by atoms with Crippen molar-refractivity contribution in [2.45, 2.75) is 47.1 Å². The van der Waals surface area contributed by atoms with Crippen molar-refractivity contribution in [3.63, 3.8) is 0 Å². The molecule has 1 atom stereocenters. The zero-order valence-corrected chi connectivity index (χ0v) is 12.4. The van der Waals surface area contributed by atoms with Gasteiger partial charge in [0.25, 0.3) is 0 Å². The first kappa shape index (κ1) is 15.0. The van der Waals surface area contributed by atoms with Crippen LogP contribution in [0.25, 0.3) is 0 Å². The topological polar surface area (TPSA) is 21.3 Å². The Morgan fingerprint density at radius 1 is 1.17 bits per heavy atom. The summed E-state index contributed by atoms with van der Waals surface area (Å²) in [7, 11) is 0. The Morgan fingerprint density at radius 3 is 2.56 bits per heavy atom. The van der Waals surface area contributed by atoms with Gasteiger partial charge in [-0.1, -0.05) is 26.0 Å². The predicted octanol–water partition coefficient (Wildman–Crippen LogP) is 3.71. The van der Waals surface area contributed by atoms with Crippen molar-refractivity contribution in [2.75, 3.05) is 13.1 Å². The van der Waals surface area contributed by atoms with Gasteiger partial charge in [0.1, 0.15) is 5.75 Å². The lowest BCUT2D eigenvalue weighted by Gasteiger charge is -2.18. The minimum Gasteiger partial charge on any atom is -0.490 e. The Labute approximate surface area is 112 Å². The first-order valence-electron chi connectivity index (χ1n) is 6.94. The largest absolute Gasteiger partial charge is 0.490 e. The Hall–Kier alpha value is -1.02. The average molecular weight is 249 g/mol. The van der Waals surface area contributed by atoms with Crippen LogP contribution < -0.4 is 10.1 Å². The first-order chi connectivity index (χ1) is 8.50. The van der Waals surface area contributed by atoms with Crippen LogP contribution in [0.1, 0.15) is 38.3 Å². The zero-order valence-electron chi connectivity index (χ0n) is 12.4. The third kappa shape index (κ3) is 5.09. The number of rotatable bonds is 7. The molecule has 2 heteroatoms. The molecule has 0 heterocycles. The van der Waals surface area contributed by atoms with Gasteiger partial charge in [0.15, 0.2) is 0 Å². The Bertz CT molecular complexity index is 360. The molecule has 1 aromatic carbocycles. The van der Waals surface area contributed by atoms with Crippen LogP contribution in [0.4, 0.5) is 0 Å². The fourth-order valence-electron chi connectivity index (χ4n) is 1.82. The fraction of sp³-hybridized carbons (Fsp3) is 0.625. The third-order valence-corrected chi connectivity index (χ3v) is 3.16. The van der Waals surface area contributed by atoms with Crippen molar-refractivity contribution in [1.82, 2.24) is 5.32 Å². The molecule has 0 amide bonds. The van der Waals surface area contributed by atoms with Gasteiger partial charge in [0.05, 0.1) is 6.10 Å². The summed E-state index contributed by atoms with van der Waals surface area (Å²) in [5.41, 5.74) is 2.54. The molecule has 1 aromatic rings. The lowest BCUT2D eigenvalue weighted by atomic mass is 10.1. The highest BCUT2D eigenvalue weighted by molar-refractivity contribution is 5.38. The van der Waals surface area contributed by atoms with Crippen molar-refractivity contribution in [2.24, 2.45) is 5.92 Å². The molecular weight excluding hydrogens is 222 g/mol. The molecule has 1 unspecified atom stereocenters. The minimum atomic E-state index is 0.255. The molecular formula is C16H27NO. The Morgan fingerprint density at radius 2 is 1.89 bits per heavy atom. The van der Waals surface area contributed by atoms with Gasteiger partial charge in [-0.15, -0.1) is 0 Å². The molecule has 0 radical (unpaired) electrons. The summed E-state index contributed by atoms with van der Waals surface area (Å²) in [6, 6.07) is 6.23. The molecule has 18 heavy (non-hydrogen) atoms. The van der Waals surface area contributed by atoms with E-state index in [1.165, 1.54) is 11.1 Å². The van der Waals surface area contributed by atoms with E-state index in [1.54, 1.807) is 0 Å².